The summed E-state index contributed by atoms with van der Waals surface area (Å²) in [4.78, 5) is 4.01. The minimum absolute atomic E-state index is 1.02. The third-order valence-electron chi connectivity index (χ3n) is 1.39. The fourth-order valence-electron chi connectivity index (χ4n) is 0.815. The van der Waals surface area contributed by atoms with E-state index >= 15 is 0 Å². The Morgan fingerprint density at radius 2 is 1.86 bits per heavy atom. The Morgan fingerprint density at radius 1 is 1.21 bits per heavy atom. The number of nitrogens with zero attached hydrogens (tertiary/aromatic N) is 1. The van der Waals surface area contributed by atoms with Crippen molar-refractivity contribution < 1.29 is 0 Å². The van der Waals surface area contributed by atoms with Gasteiger partial charge in [-0.05, 0) is 31.6 Å². The van der Waals surface area contributed by atoms with Crippen LogP contribution in [0.4, 0.5) is 0 Å². The van der Waals surface area contributed by atoms with Gasteiger partial charge in [0.15, 0.2) is 0 Å². The molecule has 1 N–H and O–H groups in total. The Balaban J connectivity index is 0. The van der Waals surface area contributed by atoms with Crippen LogP contribution in [0.1, 0.15) is 33.3 Å². The quantitative estimate of drug-likeness (QED) is 0.804. The Bertz CT molecular complexity index is 173. The fraction of sp³-hybridized carbons (Fsp3) is 0.583. The van der Waals surface area contributed by atoms with E-state index in [2.05, 4.69) is 16.4 Å². The molecule has 0 fully saturated rings. The lowest BCUT2D eigenvalue weighted by Gasteiger charge is -1.97. The Labute approximate surface area is 88.8 Å². The molecule has 0 aliphatic rings. The molecule has 0 saturated carbocycles. The van der Waals surface area contributed by atoms with E-state index in [0.29, 0.717) is 0 Å². The lowest BCUT2D eigenvalue weighted by Crippen LogP contribution is -2.10. The zero-order valence-electron chi connectivity index (χ0n) is 10.2. The molecule has 0 aliphatic heterocycles. The molecule has 0 aromatic carbocycles. The molecular formula is C12H24N2. The molecule has 1 rings (SSSR count). The van der Waals surface area contributed by atoms with Gasteiger partial charge in [-0.2, -0.15) is 0 Å². The molecule has 1 heterocycles. The van der Waals surface area contributed by atoms with Crippen molar-refractivity contribution in [3.05, 3.63) is 30.1 Å². The maximum Gasteiger partial charge on any atom is 0.0300 e. The molecule has 2 nitrogen and oxygen atoms in total. The van der Waals surface area contributed by atoms with Crippen molar-refractivity contribution in [3.8, 4) is 0 Å². The first-order valence-electron chi connectivity index (χ1n) is 5.47. The van der Waals surface area contributed by atoms with E-state index in [4.69, 9.17) is 0 Å². The van der Waals surface area contributed by atoms with Gasteiger partial charge < -0.3 is 5.32 Å². The summed E-state index contributed by atoms with van der Waals surface area (Å²) in [7, 11) is 1.95. The molecule has 0 bridgehead atoms. The molecule has 0 saturated heterocycles. The zero-order chi connectivity index (χ0) is 11.2. The molecular weight excluding hydrogens is 172 g/mol. The number of hydrogen-bond donors (Lipinski definition) is 1. The van der Waals surface area contributed by atoms with Crippen LogP contribution in [-0.4, -0.2) is 18.6 Å². The van der Waals surface area contributed by atoms with Crippen LogP contribution < -0.4 is 5.32 Å². The van der Waals surface area contributed by atoms with Crippen molar-refractivity contribution in [2.45, 2.75) is 34.1 Å². The molecule has 2 heteroatoms. The minimum atomic E-state index is 1.02. The third-order valence-corrected chi connectivity index (χ3v) is 1.39. The highest BCUT2D eigenvalue weighted by Gasteiger charge is 1.87. The number of likely N-dealkylation sites (N-methyl/N-ethyl adjacent to an activating group) is 1. The van der Waals surface area contributed by atoms with E-state index in [9.17, 15) is 0 Å². The molecule has 0 amide bonds. The topological polar surface area (TPSA) is 24.9 Å². The highest BCUT2D eigenvalue weighted by molar-refractivity contribution is 5.08. The largest absolute Gasteiger partial charge is 0.319 e. The SMILES string of the molecule is CC.CC.CNCCc1cccnc1. The summed E-state index contributed by atoms with van der Waals surface area (Å²) in [5.74, 6) is 0. The van der Waals surface area contributed by atoms with Crippen molar-refractivity contribution in [3.63, 3.8) is 0 Å². The second-order valence-electron chi connectivity index (χ2n) is 2.21. The average molecular weight is 196 g/mol. The van der Waals surface area contributed by atoms with Crippen molar-refractivity contribution in [2.24, 2.45) is 0 Å². The van der Waals surface area contributed by atoms with Gasteiger partial charge in [0, 0.05) is 12.4 Å². The van der Waals surface area contributed by atoms with Gasteiger partial charge in [-0.3, -0.25) is 4.98 Å². The molecule has 82 valence electrons. The second kappa shape index (κ2) is 14.6. The van der Waals surface area contributed by atoms with E-state index < -0.39 is 0 Å². The van der Waals surface area contributed by atoms with E-state index in [0.717, 1.165) is 13.0 Å². The fourth-order valence-corrected chi connectivity index (χ4v) is 0.815. The number of aromatic nitrogens is 1. The summed E-state index contributed by atoms with van der Waals surface area (Å²) in [6, 6.07) is 4.05. The molecule has 0 unspecified atom stereocenters. The normalized spacial score (nSPS) is 7.79. The summed E-state index contributed by atoms with van der Waals surface area (Å²) < 4.78 is 0. The van der Waals surface area contributed by atoms with Gasteiger partial charge in [-0.1, -0.05) is 33.8 Å². The van der Waals surface area contributed by atoms with E-state index in [1.165, 1.54) is 5.56 Å². The van der Waals surface area contributed by atoms with E-state index in [1.807, 2.05) is 47.0 Å². The predicted molar refractivity (Wildman–Crippen MR) is 64.6 cm³/mol. The first kappa shape index (κ1) is 15.6. The van der Waals surface area contributed by atoms with Crippen LogP contribution in [0.15, 0.2) is 24.5 Å². The molecule has 0 atom stereocenters. The van der Waals surface area contributed by atoms with Gasteiger partial charge in [0.2, 0.25) is 0 Å². The Kier molecular flexibility index (Phi) is 16.3. The van der Waals surface area contributed by atoms with Gasteiger partial charge in [0.05, 0.1) is 0 Å². The third kappa shape index (κ3) is 9.20. The van der Waals surface area contributed by atoms with Crippen molar-refractivity contribution in [1.82, 2.24) is 10.3 Å². The van der Waals surface area contributed by atoms with Crippen LogP contribution >= 0.6 is 0 Å². The molecule has 0 aliphatic carbocycles. The second-order valence-corrected chi connectivity index (χ2v) is 2.21. The van der Waals surface area contributed by atoms with Crippen LogP contribution in [0.5, 0.6) is 0 Å². The number of nitrogens with one attached hydrogen (secondary N) is 1. The van der Waals surface area contributed by atoms with Gasteiger partial charge >= 0.3 is 0 Å². The molecule has 14 heavy (non-hydrogen) atoms. The van der Waals surface area contributed by atoms with Crippen LogP contribution in [0.3, 0.4) is 0 Å². The lowest BCUT2D eigenvalue weighted by atomic mass is 10.2. The van der Waals surface area contributed by atoms with Crippen molar-refractivity contribution >= 4 is 0 Å². The number of pyridine rings is 1. The van der Waals surface area contributed by atoms with Crippen LogP contribution in [-0.2, 0) is 6.42 Å². The summed E-state index contributed by atoms with van der Waals surface area (Å²) in [6.45, 7) is 9.02. The minimum Gasteiger partial charge on any atom is -0.319 e. The van der Waals surface area contributed by atoms with Crippen LogP contribution in [0.2, 0.25) is 0 Å². The summed E-state index contributed by atoms with van der Waals surface area (Å²) in [6.07, 6.45) is 4.75. The van der Waals surface area contributed by atoms with Gasteiger partial charge in [-0.25, -0.2) is 0 Å². The highest BCUT2D eigenvalue weighted by Crippen LogP contribution is 1.94. The van der Waals surface area contributed by atoms with Crippen LogP contribution in [0.25, 0.3) is 0 Å². The molecule has 0 radical (unpaired) electrons. The summed E-state index contributed by atoms with van der Waals surface area (Å²) in [5, 5.41) is 3.09. The van der Waals surface area contributed by atoms with Gasteiger partial charge in [0.25, 0.3) is 0 Å². The molecule has 1 aromatic rings. The van der Waals surface area contributed by atoms with Crippen molar-refractivity contribution in [2.75, 3.05) is 13.6 Å². The standard InChI is InChI=1S/C8H12N2.2C2H6/c1-9-6-4-8-3-2-5-10-7-8;2*1-2/h2-3,5,7,9H,4,6H2,1H3;2*1-2H3. The number of rotatable bonds is 3. The van der Waals surface area contributed by atoms with Crippen LogP contribution in [0, 0.1) is 0 Å². The number of hydrogen-bond acceptors (Lipinski definition) is 2. The lowest BCUT2D eigenvalue weighted by molar-refractivity contribution is 0.789. The van der Waals surface area contributed by atoms with E-state index in [-0.39, 0.29) is 0 Å². The van der Waals surface area contributed by atoms with Crippen molar-refractivity contribution in [1.29, 1.82) is 0 Å². The summed E-state index contributed by atoms with van der Waals surface area (Å²) >= 11 is 0. The average Bonchev–Trinajstić information content (AvgIpc) is 2.33. The maximum atomic E-state index is 4.01. The summed E-state index contributed by atoms with van der Waals surface area (Å²) in [5.41, 5.74) is 1.29. The Morgan fingerprint density at radius 3 is 2.29 bits per heavy atom. The predicted octanol–water partition coefficient (Wildman–Crippen LogP) is 2.90. The zero-order valence-corrected chi connectivity index (χ0v) is 10.2. The van der Waals surface area contributed by atoms with E-state index in [1.54, 1.807) is 6.20 Å². The van der Waals surface area contributed by atoms with Gasteiger partial charge in [0.1, 0.15) is 0 Å². The maximum absolute atomic E-state index is 4.01. The highest BCUT2D eigenvalue weighted by atomic mass is 14.8. The molecule has 1 aromatic heterocycles. The molecule has 0 spiro atoms. The smallest absolute Gasteiger partial charge is 0.0300 e. The van der Waals surface area contributed by atoms with Gasteiger partial charge in [-0.15, -0.1) is 0 Å². The monoisotopic (exact) mass is 196 g/mol. The Hall–Kier alpha value is -0.890. The first-order valence-corrected chi connectivity index (χ1v) is 5.47. The first-order chi connectivity index (χ1) is 6.93.